The van der Waals surface area contributed by atoms with Gasteiger partial charge in [0.05, 0.1) is 0 Å². The Balaban J connectivity index is 4.23. The lowest BCUT2D eigenvalue weighted by atomic mass is 11.3. The number of nitrogens with zero attached hydrogens (tertiary/aromatic N) is 2. The van der Waals surface area contributed by atoms with Crippen LogP contribution < -0.4 is 10.3 Å². The fourth-order valence-electron chi connectivity index (χ4n) is 0.499. The van der Waals surface area contributed by atoms with Crippen LogP contribution in [-0.4, -0.2) is 36.8 Å². The third kappa shape index (κ3) is 2.01. The summed E-state index contributed by atoms with van der Waals surface area (Å²) in [6, 6.07) is 0. The van der Waals surface area contributed by atoms with Crippen LogP contribution in [0.4, 0.5) is 0 Å². The summed E-state index contributed by atoms with van der Waals surface area (Å²) in [4.78, 5) is 0. The fourth-order valence-corrected chi connectivity index (χ4v) is 2.53. The van der Waals surface area contributed by atoms with Crippen LogP contribution in [0.5, 0.6) is 0 Å². The van der Waals surface area contributed by atoms with Crippen LogP contribution in [0.1, 0.15) is 0 Å². The Bertz CT molecular complexity index is 97.4. The molecule has 0 heterocycles. The molecular formula is C4H16N4S2. The van der Waals surface area contributed by atoms with Crippen LogP contribution in [0.3, 0.4) is 0 Å². The zero-order valence-corrected chi connectivity index (χ0v) is 8.50. The second-order valence-corrected chi connectivity index (χ2v) is 7.04. The smallest absolute Gasteiger partial charge is 0.00871 e. The molecule has 0 aromatic rings. The Morgan fingerprint density at radius 3 is 1.40 bits per heavy atom. The summed E-state index contributed by atoms with van der Waals surface area (Å²) in [5.41, 5.74) is 0. The summed E-state index contributed by atoms with van der Waals surface area (Å²) in [6.07, 6.45) is 0. The van der Waals surface area contributed by atoms with E-state index in [4.69, 9.17) is 10.3 Å². The quantitative estimate of drug-likeness (QED) is 0.483. The highest BCUT2D eigenvalue weighted by atomic mass is 33.2. The number of hydrogen-bond donors (Lipinski definition) is 2. The zero-order chi connectivity index (χ0) is 8.36. The predicted molar refractivity (Wildman–Crippen MR) is 50.9 cm³/mol. The van der Waals surface area contributed by atoms with E-state index in [-0.39, 0.29) is 0 Å². The van der Waals surface area contributed by atoms with Gasteiger partial charge in [-0.2, -0.15) is 0 Å². The van der Waals surface area contributed by atoms with Gasteiger partial charge in [0.15, 0.2) is 0 Å². The maximum absolute atomic E-state index is 5.96. The van der Waals surface area contributed by atoms with Gasteiger partial charge in [-0.15, -0.1) is 0 Å². The van der Waals surface area contributed by atoms with Crippen LogP contribution in [-0.2, 0) is 0 Å². The molecule has 4 N–H and O–H groups in total. The van der Waals surface area contributed by atoms with Crippen LogP contribution in [0.2, 0.25) is 0 Å². The van der Waals surface area contributed by atoms with Gasteiger partial charge in [0.2, 0.25) is 0 Å². The van der Waals surface area contributed by atoms with Crippen molar-refractivity contribution >= 4 is 20.6 Å². The monoisotopic (exact) mass is 184 g/mol. The summed E-state index contributed by atoms with van der Waals surface area (Å²) in [5.74, 6) is 0. The van der Waals surface area contributed by atoms with Crippen molar-refractivity contribution in [1.29, 1.82) is 0 Å². The summed E-state index contributed by atoms with van der Waals surface area (Å²) < 4.78 is 3.88. The van der Waals surface area contributed by atoms with E-state index >= 15 is 0 Å². The van der Waals surface area contributed by atoms with Gasteiger partial charge in [0, 0.05) is 11.0 Å². The van der Waals surface area contributed by atoms with E-state index in [2.05, 4.69) is 0 Å². The molecular weight excluding hydrogens is 168 g/mol. The SMILES string of the molecule is CN(C)S(N)(SN)N(C)C. The summed E-state index contributed by atoms with van der Waals surface area (Å²) in [7, 11) is 7.46. The first kappa shape index (κ1) is 10.5. The average molecular weight is 184 g/mol. The molecule has 6 heteroatoms. The van der Waals surface area contributed by atoms with Gasteiger partial charge in [-0.3, -0.25) is 10.3 Å². The van der Waals surface area contributed by atoms with E-state index in [9.17, 15) is 0 Å². The van der Waals surface area contributed by atoms with E-state index < -0.39 is 9.62 Å². The third-order valence-electron chi connectivity index (χ3n) is 1.19. The molecule has 0 rings (SSSR count). The highest BCUT2D eigenvalue weighted by Gasteiger charge is 2.23. The molecule has 0 atom stereocenters. The van der Waals surface area contributed by atoms with Crippen LogP contribution in [0.25, 0.3) is 0 Å². The van der Waals surface area contributed by atoms with Gasteiger partial charge in [0.25, 0.3) is 0 Å². The Morgan fingerprint density at radius 2 is 1.40 bits per heavy atom. The molecule has 0 amide bonds. The Hall–Kier alpha value is 0.540. The number of hydrogen-bond acceptors (Lipinski definition) is 5. The largest absolute Gasteiger partial charge is 0.267 e. The molecule has 0 saturated heterocycles. The van der Waals surface area contributed by atoms with Crippen LogP contribution in [0, 0.1) is 0 Å². The average Bonchev–Trinajstić information content (AvgIpc) is 1.85. The number of nitrogens with two attached hydrogens (primary N) is 2. The standard InChI is InChI=1S/C4H16N4S2/c1-7(2)10(6,9-5)8(3)4/h5-6H2,1-4H3. The molecule has 0 spiro atoms. The second-order valence-electron chi connectivity index (χ2n) is 2.26. The maximum Gasteiger partial charge on any atom is 0.00871 e. The van der Waals surface area contributed by atoms with Gasteiger partial charge >= 0.3 is 0 Å². The predicted octanol–water partition coefficient (Wildman–Crippen LogP) is 0.140. The van der Waals surface area contributed by atoms with Crippen molar-refractivity contribution in [2.45, 2.75) is 0 Å². The minimum absolute atomic E-state index is 1.20. The molecule has 0 unspecified atom stereocenters. The second kappa shape index (κ2) is 3.80. The molecule has 4 nitrogen and oxygen atoms in total. The van der Waals surface area contributed by atoms with Crippen molar-refractivity contribution < 1.29 is 0 Å². The fraction of sp³-hybridized carbons (Fsp3) is 1.00. The minimum atomic E-state index is -1.45. The van der Waals surface area contributed by atoms with Crippen molar-refractivity contribution in [3.63, 3.8) is 0 Å². The first-order valence-electron chi connectivity index (χ1n) is 2.79. The Kier molecular flexibility index (Phi) is 4.00. The molecule has 0 saturated carbocycles. The third-order valence-corrected chi connectivity index (χ3v) is 6.20. The topological polar surface area (TPSA) is 58.5 Å². The Morgan fingerprint density at radius 1 is 1.10 bits per heavy atom. The van der Waals surface area contributed by atoms with Crippen molar-refractivity contribution in [3.05, 3.63) is 0 Å². The van der Waals surface area contributed by atoms with Crippen molar-refractivity contribution in [2.75, 3.05) is 28.2 Å². The molecule has 10 heavy (non-hydrogen) atoms. The maximum atomic E-state index is 5.96. The first-order chi connectivity index (χ1) is 4.45. The van der Waals surface area contributed by atoms with Crippen molar-refractivity contribution in [1.82, 2.24) is 8.61 Å². The molecule has 64 valence electrons. The van der Waals surface area contributed by atoms with Crippen LogP contribution >= 0.6 is 20.6 Å². The summed E-state index contributed by atoms with van der Waals surface area (Å²) in [6.45, 7) is 0. The molecule has 0 aliphatic carbocycles. The lowest BCUT2D eigenvalue weighted by Crippen LogP contribution is -2.35. The lowest BCUT2D eigenvalue weighted by Gasteiger charge is -2.43. The minimum Gasteiger partial charge on any atom is -0.267 e. The highest BCUT2D eigenvalue weighted by molar-refractivity contribution is 8.90. The summed E-state index contributed by atoms with van der Waals surface area (Å²) >= 11 is 0. The van der Waals surface area contributed by atoms with Gasteiger partial charge in [-0.05, 0) is 37.8 Å². The van der Waals surface area contributed by atoms with Gasteiger partial charge in [-0.25, -0.2) is 8.61 Å². The van der Waals surface area contributed by atoms with Crippen molar-refractivity contribution in [3.8, 4) is 0 Å². The van der Waals surface area contributed by atoms with E-state index in [1.165, 1.54) is 11.0 Å². The Labute approximate surface area is 68.2 Å². The van der Waals surface area contributed by atoms with Crippen molar-refractivity contribution in [2.24, 2.45) is 10.3 Å². The van der Waals surface area contributed by atoms with E-state index in [0.717, 1.165) is 0 Å². The molecule has 0 aliphatic heterocycles. The zero-order valence-electron chi connectivity index (χ0n) is 6.87. The molecule has 0 aromatic heterocycles. The van der Waals surface area contributed by atoms with Gasteiger partial charge in [0.1, 0.15) is 0 Å². The van der Waals surface area contributed by atoms with E-state index in [0.29, 0.717) is 0 Å². The van der Waals surface area contributed by atoms with Gasteiger partial charge < -0.3 is 0 Å². The first-order valence-corrected chi connectivity index (χ1v) is 5.80. The van der Waals surface area contributed by atoms with Crippen LogP contribution in [0.15, 0.2) is 0 Å². The van der Waals surface area contributed by atoms with Gasteiger partial charge in [-0.1, -0.05) is 0 Å². The normalized spacial score (nSPS) is 14.8. The molecule has 0 fully saturated rings. The molecule has 0 aromatic carbocycles. The molecule has 0 radical (unpaired) electrons. The molecule has 0 aliphatic rings. The van der Waals surface area contributed by atoms with E-state index in [1.807, 2.05) is 36.8 Å². The van der Waals surface area contributed by atoms with E-state index in [1.54, 1.807) is 0 Å². The highest BCUT2D eigenvalue weighted by Crippen LogP contribution is 2.52. The molecule has 0 bridgehead atoms. The summed E-state index contributed by atoms with van der Waals surface area (Å²) in [5, 5.41) is 11.4. The lowest BCUT2D eigenvalue weighted by molar-refractivity contribution is 0.594. The number of rotatable bonds is 3.